The summed E-state index contributed by atoms with van der Waals surface area (Å²) in [5.74, 6) is 0.0741. The van der Waals surface area contributed by atoms with Crippen molar-refractivity contribution in [3.05, 3.63) is 94.5 Å². The number of halogens is 1. The normalized spacial score (nSPS) is 11.0. The van der Waals surface area contributed by atoms with E-state index in [0.29, 0.717) is 39.6 Å². The third-order valence-electron chi connectivity index (χ3n) is 4.95. The molecule has 170 valence electrons. The van der Waals surface area contributed by atoms with Crippen LogP contribution in [0.1, 0.15) is 59.9 Å². The van der Waals surface area contributed by atoms with Crippen LogP contribution in [-0.4, -0.2) is 23.1 Å². The van der Waals surface area contributed by atoms with Crippen molar-refractivity contribution in [2.75, 3.05) is 0 Å². The van der Waals surface area contributed by atoms with Gasteiger partial charge in [0.2, 0.25) is 5.60 Å². The maximum Gasteiger partial charge on any atom is 0.355 e. The largest absolute Gasteiger partial charge is 0.476 e. The van der Waals surface area contributed by atoms with Crippen molar-refractivity contribution in [1.82, 2.24) is 0 Å². The molecule has 0 fully saturated rings. The SMILES string of the molecule is CCCC(=O)c1ccc(OC(=O)C(C)(C)Oc2ccc(C(=O)c3ccc(Cl)cc3)cc2)cc1. The molecule has 0 amide bonds. The van der Waals surface area contributed by atoms with E-state index in [1.54, 1.807) is 86.6 Å². The highest BCUT2D eigenvalue weighted by atomic mass is 35.5. The molecule has 6 heteroatoms. The first-order valence-electron chi connectivity index (χ1n) is 10.6. The highest BCUT2D eigenvalue weighted by Gasteiger charge is 2.32. The summed E-state index contributed by atoms with van der Waals surface area (Å²) in [4.78, 5) is 37.2. The first kappa shape index (κ1) is 24.2. The number of carbonyl (C=O) groups is 3. The highest BCUT2D eigenvalue weighted by molar-refractivity contribution is 6.30. The van der Waals surface area contributed by atoms with Crippen LogP contribution in [0.25, 0.3) is 0 Å². The maximum absolute atomic E-state index is 12.7. The van der Waals surface area contributed by atoms with E-state index < -0.39 is 11.6 Å². The van der Waals surface area contributed by atoms with Crippen LogP contribution in [0.2, 0.25) is 5.02 Å². The van der Waals surface area contributed by atoms with Crippen molar-refractivity contribution in [3.63, 3.8) is 0 Å². The molecule has 0 N–H and O–H groups in total. The number of ketones is 2. The molecule has 5 nitrogen and oxygen atoms in total. The molecule has 0 aliphatic carbocycles. The number of rotatable bonds is 9. The first-order chi connectivity index (χ1) is 15.7. The summed E-state index contributed by atoms with van der Waals surface area (Å²) in [6.07, 6.45) is 1.25. The van der Waals surface area contributed by atoms with Gasteiger partial charge in [0.05, 0.1) is 0 Å². The van der Waals surface area contributed by atoms with Crippen molar-refractivity contribution in [1.29, 1.82) is 0 Å². The van der Waals surface area contributed by atoms with Gasteiger partial charge in [0.15, 0.2) is 11.6 Å². The van der Waals surface area contributed by atoms with Crippen LogP contribution in [0, 0.1) is 0 Å². The van der Waals surface area contributed by atoms with Crippen molar-refractivity contribution in [3.8, 4) is 11.5 Å². The van der Waals surface area contributed by atoms with Gasteiger partial charge in [0.25, 0.3) is 0 Å². The molecule has 3 aromatic rings. The molecule has 33 heavy (non-hydrogen) atoms. The Morgan fingerprint density at radius 2 is 1.24 bits per heavy atom. The van der Waals surface area contributed by atoms with Gasteiger partial charge in [-0.3, -0.25) is 9.59 Å². The second kappa shape index (κ2) is 10.5. The van der Waals surface area contributed by atoms with E-state index in [2.05, 4.69) is 0 Å². The predicted molar refractivity (Wildman–Crippen MR) is 127 cm³/mol. The van der Waals surface area contributed by atoms with Crippen LogP contribution in [0.15, 0.2) is 72.8 Å². The minimum Gasteiger partial charge on any atom is -0.476 e. The van der Waals surface area contributed by atoms with E-state index in [-0.39, 0.29) is 11.6 Å². The third-order valence-corrected chi connectivity index (χ3v) is 5.20. The number of esters is 1. The van der Waals surface area contributed by atoms with Crippen LogP contribution in [0.3, 0.4) is 0 Å². The number of ether oxygens (including phenoxy) is 2. The average Bonchev–Trinajstić information content (AvgIpc) is 2.80. The molecule has 0 unspecified atom stereocenters. The Morgan fingerprint density at radius 3 is 1.79 bits per heavy atom. The molecule has 0 spiro atoms. The van der Waals surface area contributed by atoms with Gasteiger partial charge < -0.3 is 9.47 Å². The zero-order valence-electron chi connectivity index (χ0n) is 18.8. The summed E-state index contributed by atoms with van der Waals surface area (Å²) < 4.78 is 11.3. The van der Waals surface area contributed by atoms with Crippen molar-refractivity contribution >= 4 is 29.1 Å². The summed E-state index contributed by atoms with van der Waals surface area (Å²) in [5, 5.41) is 0.561. The lowest BCUT2D eigenvalue weighted by atomic mass is 10.0. The van der Waals surface area contributed by atoms with Crippen LogP contribution < -0.4 is 9.47 Å². The Kier molecular flexibility index (Phi) is 7.67. The Bertz CT molecular complexity index is 1130. The molecule has 0 bridgehead atoms. The minimum absolute atomic E-state index is 0.0528. The van der Waals surface area contributed by atoms with Crippen molar-refractivity contribution < 1.29 is 23.9 Å². The van der Waals surface area contributed by atoms with Crippen molar-refractivity contribution in [2.24, 2.45) is 0 Å². The molecule has 0 saturated heterocycles. The summed E-state index contributed by atoms with van der Waals surface area (Å²) in [5.41, 5.74) is 0.320. The van der Waals surface area contributed by atoms with Gasteiger partial charge in [-0.1, -0.05) is 18.5 Å². The summed E-state index contributed by atoms with van der Waals surface area (Å²) in [6.45, 7) is 5.14. The van der Waals surface area contributed by atoms with Crippen LogP contribution in [-0.2, 0) is 4.79 Å². The van der Waals surface area contributed by atoms with Gasteiger partial charge in [0, 0.05) is 28.1 Å². The second-order valence-corrected chi connectivity index (χ2v) is 8.50. The molecule has 3 rings (SSSR count). The average molecular weight is 465 g/mol. The van der Waals surface area contributed by atoms with Gasteiger partial charge in [-0.2, -0.15) is 0 Å². The quantitative estimate of drug-likeness (QED) is 0.210. The number of hydrogen-bond acceptors (Lipinski definition) is 5. The molecular weight excluding hydrogens is 440 g/mol. The van der Waals surface area contributed by atoms with Crippen LogP contribution >= 0.6 is 11.6 Å². The fourth-order valence-electron chi connectivity index (χ4n) is 3.09. The zero-order valence-corrected chi connectivity index (χ0v) is 19.5. The Hall–Kier alpha value is -3.44. The fourth-order valence-corrected chi connectivity index (χ4v) is 3.21. The van der Waals surface area contributed by atoms with E-state index in [9.17, 15) is 14.4 Å². The monoisotopic (exact) mass is 464 g/mol. The van der Waals surface area contributed by atoms with E-state index in [1.807, 2.05) is 6.92 Å². The Labute approximate surface area is 198 Å². The van der Waals surface area contributed by atoms with Gasteiger partial charge in [-0.25, -0.2) is 4.79 Å². The molecule has 0 radical (unpaired) electrons. The highest BCUT2D eigenvalue weighted by Crippen LogP contribution is 2.23. The lowest BCUT2D eigenvalue weighted by Crippen LogP contribution is -2.41. The van der Waals surface area contributed by atoms with E-state index in [4.69, 9.17) is 21.1 Å². The van der Waals surface area contributed by atoms with Crippen molar-refractivity contribution in [2.45, 2.75) is 39.2 Å². The first-order valence-corrected chi connectivity index (χ1v) is 11.0. The van der Waals surface area contributed by atoms with Gasteiger partial charge >= 0.3 is 5.97 Å². The fraction of sp³-hybridized carbons (Fsp3) is 0.222. The molecule has 0 atom stereocenters. The van der Waals surface area contributed by atoms with Crippen LogP contribution in [0.4, 0.5) is 0 Å². The number of Topliss-reactive ketones (excluding diaryl/α,β-unsaturated/α-hetero) is 1. The topological polar surface area (TPSA) is 69.7 Å². The standard InChI is InChI=1S/C27H25ClO5/c1-4-5-24(29)18-8-14-22(15-9-18)32-26(31)27(2,3)33-23-16-10-20(11-17-23)25(30)19-6-12-21(28)13-7-19/h6-17H,4-5H2,1-3H3. The van der Waals surface area contributed by atoms with E-state index in [1.165, 1.54) is 0 Å². The number of benzene rings is 3. The lowest BCUT2D eigenvalue weighted by molar-refractivity contribution is -0.149. The second-order valence-electron chi connectivity index (χ2n) is 8.06. The minimum atomic E-state index is -1.28. The van der Waals surface area contributed by atoms with E-state index >= 15 is 0 Å². The molecule has 0 saturated carbocycles. The summed E-state index contributed by atoms with van der Waals surface area (Å²) in [6, 6.07) is 19.7. The third kappa shape index (κ3) is 6.30. The number of hydrogen-bond donors (Lipinski definition) is 0. The maximum atomic E-state index is 12.7. The molecule has 0 aromatic heterocycles. The summed E-state index contributed by atoms with van der Waals surface area (Å²) >= 11 is 5.87. The van der Waals surface area contributed by atoms with E-state index in [0.717, 1.165) is 6.42 Å². The van der Waals surface area contributed by atoms with Gasteiger partial charge in [0.1, 0.15) is 11.5 Å². The molecule has 0 aliphatic rings. The van der Waals surface area contributed by atoms with Crippen LogP contribution in [0.5, 0.6) is 11.5 Å². The Balaban J connectivity index is 1.63. The number of carbonyl (C=O) groups excluding carboxylic acids is 3. The molecular formula is C27H25ClO5. The smallest absolute Gasteiger partial charge is 0.355 e. The summed E-state index contributed by atoms with van der Waals surface area (Å²) in [7, 11) is 0. The lowest BCUT2D eigenvalue weighted by Gasteiger charge is -2.24. The molecule has 0 aliphatic heterocycles. The molecule has 3 aromatic carbocycles. The zero-order chi connectivity index (χ0) is 24.0. The van der Waals surface area contributed by atoms with Gasteiger partial charge in [-0.05, 0) is 93.1 Å². The molecule has 0 heterocycles. The Morgan fingerprint density at radius 1 is 0.758 bits per heavy atom. The predicted octanol–water partition coefficient (Wildman–Crippen LogP) is 6.32. The van der Waals surface area contributed by atoms with Gasteiger partial charge in [-0.15, -0.1) is 0 Å².